The Balaban J connectivity index is 1.41. The molecule has 7 nitrogen and oxygen atoms in total. The van der Waals surface area contributed by atoms with Crippen LogP contribution in [-0.2, 0) is 14.3 Å². The standard InChI is InChI=1S/C27H32N2O5S/c1-17(2)24(25(32)29-27(15-23(30)31)11-13-35-14-12-27)28-26(33)34-16-22-20-9-5-3-7-18(20)19-8-4-6-10-21(19)22/h3-10,17,22,24H,11-16H2,1-2H3,(H,28,33)(H,29,32)(H,30,31)/t24-/m0/s1. The van der Waals surface area contributed by atoms with Gasteiger partial charge in [-0.05, 0) is 52.5 Å². The van der Waals surface area contributed by atoms with Gasteiger partial charge < -0.3 is 20.5 Å². The van der Waals surface area contributed by atoms with Crippen LogP contribution in [0, 0.1) is 5.92 Å². The van der Waals surface area contributed by atoms with E-state index in [0.29, 0.717) is 12.8 Å². The van der Waals surface area contributed by atoms with Gasteiger partial charge in [0.2, 0.25) is 5.91 Å². The summed E-state index contributed by atoms with van der Waals surface area (Å²) >= 11 is 1.75. The lowest BCUT2D eigenvalue weighted by Gasteiger charge is -2.38. The number of hydrogen-bond acceptors (Lipinski definition) is 5. The molecule has 0 radical (unpaired) electrons. The van der Waals surface area contributed by atoms with Crippen LogP contribution < -0.4 is 10.6 Å². The van der Waals surface area contributed by atoms with Crippen LogP contribution in [0.2, 0.25) is 0 Å². The van der Waals surface area contributed by atoms with E-state index in [2.05, 4.69) is 34.9 Å². The number of benzene rings is 2. The average Bonchev–Trinajstić information content (AvgIpc) is 3.14. The molecule has 1 saturated heterocycles. The monoisotopic (exact) mass is 496 g/mol. The molecule has 0 aromatic heterocycles. The van der Waals surface area contributed by atoms with Gasteiger partial charge in [-0.3, -0.25) is 9.59 Å². The Hall–Kier alpha value is -3.00. The fourth-order valence-corrected chi connectivity index (χ4v) is 6.31. The first-order chi connectivity index (χ1) is 16.8. The molecule has 4 rings (SSSR count). The van der Waals surface area contributed by atoms with Gasteiger partial charge in [0.25, 0.3) is 0 Å². The average molecular weight is 497 g/mol. The van der Waals surface area contributed by atoms with Crippen molar-refractivity contribution in [3.63, 3.8) is 0 Å². The van der Waals surface area contributed by atoms with E-state index in [1.165, 1.54) is 0 Å². The molecule has 1 aliphatic heterocycles. The molecule has 0 unspecified atom stereocenters. The first-order valence-corrected chi connectivity index (χ1v) is 13.2. The van der Waals surface area contributed by atoms with E-state index in [1.807, 2.05) is 38.1 Å². The zero-order valence-electron chi connectivity index (χ0n) is 20.1. The molecule has 1 fully saturated rings. The lowest BCUT2D eigenvalue weighted by Crippen LogP contribution is -2.59. The summed E-state index contributed by atoms with van der Waals surface area (Å²) in [6, 6.07) is 15.4. The van der Waals surface area contributed by atoms with E-state index in [0.717, 1.165) is 33.8 Å². The fourth-order valence-electron chi connectivity index (χ4n) is 5.04. The van der Waals surface area contributed by atoms with Gasteiger partial charge in [-0.2, -0.15) is 11.8 Å². The van der Waals surface area contributed by atoms with Gasteiger partial charge in [-0.15, -0.1) is 0 Å². The van der Waals surface area contributed by atoms with E-state index in [1.54, 1.807) is 11.8 Å². The van der Waals surface area contributed by atoms with Crippen molar-refractivity contribution in [2.45, 2.75) is 50.6 Å². The van der Waals surface area contributed by atoms with Crippen LogP contribution in [0.25, 0.3) is 11.1 Å². The Labute approximate surface area is 210 Å². The van der Waals surface area contributed by atoms with Crippen molar-refractivity contribution in [3.05, 3.63) is 59.7 Å². The maximum absolute atomic E-state index is 13.2. The Bertz CT molecular complexity index is 1050. The van der Waals surface area contributed by atoms with Gasteiger partial charge in [0, 0.05) is 5.92 Å². The first-order valence-electron chi connectivity index (χ1n) is 12.0. The molecule has 3 N–H and O–H groups in total. The molecular formula is C27H32N2O5S. The SMILES string of the molecule is CC(C)[C@H](NC(=O)OCC1c2ccccc2-c2ccccc21)C(=O)NC1(CC(=O)O)CCSCC1. The highest BCUT2D eigenvalue weighted by atomic mass is 32.2. The second-order valence-corrected chi connectivity index (χ2v) is 10.9. The van der Waals surface area contributed by atoms with Crippen LogP contribution in [0.1, 0.15) is 50.2 Å². The largest absolute Gasteiger partial charge is 0.481 e. The van der Waals surface area contributed by atoms with E-state index in [-0.39, 0.29) is 30.8 Å². The van der Waals surface area contributed by atoms with Gasteiger partial charge in [0.15, 0.2) is 0 Å². The molecule has 0 spiro atoms. The van der Waals surface area contributed by atoms with Gasteiger partial charge in [0.1, 0.15) is 12.6 Å². The minimum absolute atomic E-state index is 0.0712. The number of aliphatic carboxylic acids is 1. The maximum Gasteiger partial charge on any atom is 0.407 e. The molecule has 1 heterocycles. The number of nitrogens with one attached hydrogen (secondary N) is 2. The molecule has 2 amide bonds. The molecule has 186 valence electrons. The van der Waals surface area contributed by atoms with E-state index >= 15 is 0 Å². The third-order valence-corrected chi connectivity index (χ3v) is 7.88. The van der Waals surface area contributed by atoms with E-state index in [4.69, 9.17) is 4.74 Å². The third-order valence-electron chi connectivity index (χ3n) is 6.89. The van der Waals surface area contributed by atoms with E-state index in [9.17, 15) is 19.5 Å². The Morgan fingerprint density at radius 1 is 1.03 bits per heavy atom. The second-order valence-electron chi connectivity index (χ2n) is 9.64. The molecule has 0 bridgehead atoms. The normalized spacial score (nSPS) is 17.2. The Morgan fingerprint density at radius 3 is 2.14 bits per heavy atom. The topological polar surface area (TPSA) is 105 Å². The number of carboxylic acid groups (broad SMARTS) is 1. The number of ether oxygens (including phenoxy) is 1. The van der Waals surface area contributed by atoms with Crippen molar-refractivity contribution in [2.24, 2.45) is 5.92 Å². The molecule has 1 aliphatic carbocycles. The number of carbonyl (C=O) groups is 3. The summed E-state index contributed by atoms with van der Waals surface area (Å²) in [6.45, 7) is 3.84. The number of carboxylic acids is 1. The fraction of sp³-hybridized carbons (Fsp3) is 0.444. The molecule has 1 atom stereocenters. The van der Waals surface area contributed by atoms with E-state index < -0.39 is 23.6 Å². The lowest BCUT2D eigenvalue weighted by atomic mass is 9.87. The predicted molar refractivity (Wildman–Crippen MR) is 137 cm³/mol. The molecule has 2 aromatic carbocycles. The van der Waals surface area contributed by atoms with Crippen molar-refractivity contribution in [2.75, 3.05) is 18.1 Å². The third kappa shape index (κ3) is 5.64. The van der Waals surface area contributed by atoms with Crippen molar-refractivity contribution in [1.82, 2.24) is 10.6 Å². The highest BCUT2D eigenvalue weighted by molar-refractivity contribution is 7.99. The predicted octanol–water partition coefficient (Wildman–Crippen LogP) is 4.41. The minimum atomic E-state index is -0.942. The van der Waals surface area contributed by atoms with Crippen molar-refractivity contribution < 1.29 is 24.2 Å². The summed E-state index contributed by atoms with van der Waals surface area (Å²) < 4.78 is 5.62. The Morgan fingerprint density at radius 2 is 1.60 bits per heavy atom. The molecule has 8 heteroatoms. The molecule has 2 aromatic rings. The number of rotatable bonds is 8. The Kier molecular flexibility index (Phi) is 7.69. The van der Waals surface area contributed by atoms with Crippen LogP contribution in [0.15, 0.2) is 48.5 Å². The van der Waals surface area contributed by atoms with Gasteiger partial charge >= 0.3 is 12.1 Å². The zero-order valence-corrected chi connectivity index (χ0v) is 20.9. The number of carbonyl (C=O) groups excluding carboxylic acids is 2. The number of hydrogen-bond donors (Lipinski definition) is 3. The number of fused-ring (bicyclic) bond motifs is 3. The number of alkyl carbamates (subject to hydrolysis) is 1. The number of thioether (sulfide) groups is 1. The smallest absolute Gasteiger partial charge is 0.407 e. The highest BCUT2D eigenvalue weighted by Gasteiger charge is 2.39. The summed E-state index contributed by atoms with van der Waals surface area (Å²) in [5.41, 5.74) is 3.73. The molecule has 2 aliphatic rings. The summed E-state index contributed by atoms with van der Waals surface area (Å²) in [7, 11) is 0. The molecule has 0 saturated carbocycles. The second kappa shape index (κ2) is 10.7. The van der Waals surface area contributed by atoms with Crippen LogP contribution >= 0.6 is 11.8 Å². The molecular weight excluding hydrogens is 464 g/mol. The van der Waals surface area contributed by atoms with Crippen molar-refractivity contribution in [1.29, 1.82) is 0 Å². The van der Waals surface area contributed by atoms with Crippen LogP contribution in [0.4, 0.5) is 4.79 Å². The summed E-state index contributed by atoms with van der Waals surface area (Å²) in [5, 5.41) is 15.1. The number of amides is 2. The van der Waals surface area contributed by atoms with Gasteiger partial charge in [-0.1, -0.05) is 62.4 Å². The zero-order chi connectivity index (χ0) is 25.0. The van der Waals surface area contributed by atoms with Crippen molar-refractivity contribution >= 4 is 29.7 Å². The van der Waals surface area contributed by atoms with Gasteiger partial charge in [0.05, 0.1) is 12.0 Å². The van der Waals surface area contributed by atoms with Crippen LogP contribution in [-0.4, -0.2) is 52.8 Å². The first kappa shape index (κ1) is 25.1. The van der Waals surface area contributed by atoms with Crippen LogP contribution in [0.5, 0.6) is 0 Å². The minimum Gasteiger partial charge on any atom is -0.481 e. The summed E-state index contributed by atoms with van der Waals surface area (Å²) in [4.78, 5) is 37.4. The summed E-state index contributed by atoms with van der Waals surface area (Å²) in [5.74, 6) is -0.00258. The highest BCUT2D eigenvalue weighted by Crippen LogP contribution is 2.44. The lowest BCUT2D eigenvalue weighted by molar-refractivity contribution is -0.139. The van der Waals surface area contributed by atoms with Crippen molar-refractivity contribution in [3.8, 4) is 11.1 Å². The van der Waals surface area contributed by atoms with Gasteiger partial charge in [-0.25, -0.2) is 4.79 Å². The molecule has 35 heavy (non-hydrogen) atoms. The summed E-state index contributed by atoms with van der Waals surface area (Å²) in [6.07, 6.45) is 0.388. The van der Waals surface area contributed by atoms with Crippen LogP contribution in [0.3, 0.4) is 0 Å². The quantitative estimate of drug-likeness (QED) is 0.500. The maximum atomic E-state index is 13.2.